The second kappa shape index (κ2) is 8.17. The Bertz CT molecular complexity index is 936. The van der Waals surface area contributed by atoms with Crippen LogP contribution in [0.3, 0.4) is 0 Å². The summed E-state index contributed by atoms with van der Waals surface area (Å²) < 4.78 is 5.75. The molecular formula is C19H20N6O4. The number of amides is 2. The lowest BCUT2D eigenvalue weighted by Crippen LogP contribution is -2.48. The van der Waals surface area contributed by atoms with Gasteiger partial charge in [-0.2, -0.15) is 5.10 Å². The van der Waals surface area contributed by atoms with Crippen LogP contribution in [-0.2, 0) is 11.3 Å². The molecule has 2 aliphatic heterocycles. The van der Waals surface area contributed by atoms with Gasteiger partial charge in [-0.05, 0) is 17.7 Å². The zero-order valence-corrected chi connectivity index (χ0v) is 15.4. The van der Waals surface area contributed by atoms with Crippen LogP contribution in [0.1, 0.15) is 27.5 Å². The number of nitrogens with one attached hydrogen (secondary N) is 3. The Kier molecular flexibility index (Phi) is 5.27. The van der Waals surface area contributed by atoms with Gasteiger partial charge in [0.15, 0.2) is 6.04 Å². The third-order valence-corrected chi connectivity index (χ3v) is 4.78. The Morgan fingerprint density at radius 1 is 1.21 bits per heavy atom. The molecule has 4 N–H and O–H groups in total. The van der Waals surface area contributed by atoms with Gasteiger partial charge in [0.05, 0.1) is 6.54 Å². The van der Waals surface area contributed by atoms with Gasteiger partial charge in [-0.25, -0.2) is 11.0 Å². The molecule has 4 rings (SSSR count). The normalized spacial score (nSPS) is 16.3. The van der Waals surface area contributed by atoms with E-state index in [-0.39, 0.29) is 18.1 Å². The Balaban J connectivity index is 1.60. The molecule has 0 aromatic heterocycles. The maximum Gasteiger partial charge on any atom is 0.274 e. The number of carbonyl (C=O) groups is 2. The molecule has 0 saturated heterocycles. The van der Waals surface area contributed by atoms with Crippen molar-refractivity contribution >= 4 is 18.2 Å². The van der Waals surface area contributed by atoms with E-state index in [1.165, 1.54) is 6.34 Å². The van der Waals surface area contributed by atoms with Gasteiger partial charge in [0.1, 0.15) is 18.7 Å². The van der Waals surface area contributed by atoms with Crippen LogP contribution in [0.4, 0.5) is 0 Å². The average Bonchev–Trinajstić information content (AvgIpc) is 3.19. The second-order valence-electron chi connectivity index (χ2n) is 6.56. The minimum absolute atomic E-state index is 0.118. The lowest BCUT2D eigenvalue weighted by atomic mass is 10.0. The molecule has 0 spiro atoms. The number of benzene rings is 2. The van der Waals surface area contributed by atoms with E-state index in [2.05, 4.69) is 16.2 Å². The van der Waals surface area contributed by atoms with E-state index < -0.39 is 11.9 Å². The van der Waals surface area contributed by atoms with Gasteiger partial charge in [0.25, 0.3) is 11.8 Å². The molecule has 2 aromatic carbocycles. The number of nitrogens with zero attached hydrogens (tertiary/aromatic N) is 3. The van der Waals surface area contributed by atoms with Gasteiger partial charge in [-0.3, -0.25) is 19.8 Å². The van der Waals surface area contributed by atoms with E-state index in [9.17, 15) is 9.59 Å². The third-order valence-electron chi connectivity index (χ3n) is 4.78. The van der Waals surface area contributed by atoms with Crippen LogP contribution < -0.4 is 21.3 Å². The third kappa shape index (κ3) is 3.84. The number of hydroxylamine groups is 1. The molecule has 150 valence electrons. The largest absolute Gasteiger partial charge is 0.491 e. The quantitative estimate of drug-likeness (QED) is 0.440. The number of ether oxygens (including phenoxy) is 1. The highest BCUT2D eigenvalue weighted by molar-refractivity contribution is 5.94. The first kappa shape index (κ1) is 18.7. The molecule has 0 saturated carbocycles. The van der Waals surface area contributed by atoms with Gasteiger partial charge >= 0.3 is 0 Å². The maximum atomic E-state index is 13.5. The standard InChI is InChI=1S/C19H20N6O4/c26-18(21-28)14-6-7-15-11-24(8-9-29-16(15)10-14)19(27)17(25-12-20-22-23-25)13-4-2-1-3-5-13/h1-7,10,12,17,22-23,28H,8-9,11H2,(H,21,26). The van der Waals surface area contributed by atoms with Crippen LogP contribution in [-0.4, -0.2) is 46.4 Å². The molecule has 2 amide bonds. The fraction of sp³-hybridized carbons (Fsp3) is 0.211. The molecular weight excluding hydrogens is 376 g/mol. The summed E-state index contributed by atoms with van der Waals surface area (Å²) >= 11 is 0. The average molecular weight is 396 g/mol. The lowest BCUT2D eigenvalue weighted by Gasteiger charge is -2.30. The Morgan fingerprint density at radius 3 is 2.76 bits per heavy atom. The Morgan fingerprint density at radius 2 is 2.03 bits per heavy atom. The lowest BCUT2D eigenvalue weighted by molar-refractivity contribution is -0.137. The number of rotatable bonds is 4. The van der Waals surface area contributed by atoms with Crippen LogP contribution in [0.25, 0.3) is 0 Å². The van der Waals surface area contributed by atoms with E-state index >= 15 is 0 Å². The van der Waals surface area contributed by atoms with Crippen LogP contribution in [0.5, 0.6) is 5.75 Å². The SMILES string of the molecule is O=C(NO)c1ccc2c(c1)OCCN(C(=O)C(c1ccccc1)N1C=NNN1)C2. The Labute approximate surface area is 166 Å². The van der Waals surface area contributed by atoms with Crippen molar-refractivity contribution in [3.63, 3.8) is 0 Å². The Hall–Kier alpha value is -3.63. The summed E-state index contributed by atoms with van der Waals surface area (Å²) in [6, 6.07) is 13.7. The van der Waals surface area contributed by atoms with Gasteiger partial charge in [-0.15, -0.1) is 5.53 Å². The summed E-state index contributed by atoms with van der Waals surface area (Å²) in [7, 11) is 0. The number of fused-ring (bicyclic) bond motifs is 1. The van der Waals surface area contributed by atoms with E-state index in [1.807, 2.05) is 30.3 Å². The van der Waals surface area contributed by atoms with Crippen molar-refractivity contribution in [3.8, 4) is 5.75 Å². The molecule has 0 aliphatic carbocycles. The van der Waals surface area contributed by atoms with E-state index in [4.69, 9.17) is 9.94 Å². The highest BCUT2D eigenvalue weighted by Crippen LogP contribution is 2.28. The smallest absolute Gasteiger partial charge is 0.274 e. The molecule has 0 fully saturated rings. The first-order valence-corrected chi connectivity index (χ1v) is 9.03. The number of carbonyl (C=O) groups excluding carboxylic acids is 2. The predicted molar refractivity (Wildman–Crippen MR) is 102 cm³/mol. The summed E-state index contributed by atoms with van der Waals surface area (Å²) in [6.45, 7) is 0.998. The van der Waals surface area contributed by atoms with Crippen molar-refractivity contribution in [2.75, 3.05) is 13.2 Å². The topological polar surface area (TPSA) is 119 Å². The van der Waals surface area contributed by atoms with Crippen molar-refractivity contribution in [1.29, 1.82) is 0 Å². The van der Waals surface area contributed by atoms with Crippen molar-refractivity contribution in [2.24, 2.45) is 5.10 Å². The zero-order chi connectivity index (χ0) is 20.2. The van der Waals surface area contributed by atoms with Crippen LogP contribution in [0.15, 0.2) is 53.6 Å². The minimum atomic E-state index is -0.621. The summed E-state index contributed by atoms with van der Waals surface area (Å²) in [5.41, 5.74) is 8.95. The molecule has 2 heterocycles. The fourth-order valence-electron chi connectivity index (χ4n) is 3.33. The first-order chi connectivity index (χ1) is 14.2. The molecule has 0 radical (unpaired) electrons. The predicted octanol–water partition coefficient (Wildman–Crippen LogP) is 0.536. The highest BCUT2D eigenvalue weighted by Gasteiger charge is 2.33. The minimum Gasteiger partial charge on any atom is -0.491 e. The van der Waals surface area contributed by atoms with Gasteiger partial charge in [0, 0.05) is 17.7 Å². The van der Waals surface area contributed by atoms with Gasteiger partial charge in [0.2, 0.25) is 0 Å². The molecule has 2 aliphatic rings. The summed E-state index contributed by atoms with van der Waals surface area (Å²) in [5, 5.41) is 14.3. The molecule has 0 bridgehead atoms. The molecule has 10 heteroatoms. The summed E-state index contributed by atoms with van der Waals surface area (Å²) in [6.07, 6.45) is 1.53. The number of hydrogen-bond donors (Lipinski definition) is 4. The summed E-state index contributed by atoms with van der Waals surface area (Å²) in [5.74, 6) is -0.225. The molecule has 2 aromatic rings. The van der Waals surface area contributed by atoms with Crippen molar-refractivity contribution in [3.05, 3.63) is 65.2 Å². The number of hydrazone groups is 1. The van der Waals surface area contributed by atoms with Crippen LogP contribution in [0, 0.1) is 0 Å². The second-order valence-corrected chi connectivity index (χ2v) is 6.56. The molecule has 1 unspecified atom stereocenters. The van der Waals surface area contributed by atoms with E-state index in [0.717, 1.165) is 11.1 Å². The van der Waals surface area contributed by atoms with Crippen molar-refractivity contribution in [1.82, 2.24) is 26.5 Å². The van der Waals surface area contributed by atoms with Crippen molar-refractivity contribution < 1.29 is 19.5 Å². The van der Waals surface area contributed by atoms with E-state index in [1.54, 1.807) is 33.6 Å². The van der Waals surface area contributed by atoms with Crippen molar-refractivity contribution in [2.45, 2.75) is 12.6 Å². The summed E-state index contributed by atoms with van der Waals surface area (Å²) in [4.78, 5) is 26.8. The number of hydrazine groups is 2. The monoisotopic (exact) mass is 396 g/mol. The van der Waals surface area contributed by atoms with Crippen LogP contribution >= 0.6 is 0 Å². The van der Waals surface area contributed by atoms with Gasteiger partial charge < -0.3 is 9.64 Å². The highest BCUT2D eigenvalue weighted by atomic mass is 16.5. The zero-order valence-electron chi connectivity index (χ0n) is 15.4. The van der Waals surface area contributed by atoms with Gasteiger partial charge in [-0.1, -0.05) is 36.4 Å². The van der Waals surface area contributed by atoms with E-state index in [0.29, 0.717) is 18.8 Å². The molecule has 10 nitrogen and oxygen atoms in total. The number of hydrogen-bond acceptors (Lipinski definition) is 8. The fourth-order valence-corrected chi connectivity index (χ4v) is 3.33. The molecule has 29 heavy (non-hydrogen) atoms. The molecule has 1 atom stereocenters. The first-order valence-electron chi connectivity index (χ1n) is 9.03. The van der Waals surface area contributed by atoms with Crippen LogP contribution in [0.2, 0.25) is 0 Å². The maximum absolute atomic E-state index is 13.5.